The fraction of sp³-hybridized carbons (Fsp3) is 0.333. The lowest BCUT2D eigenvalue weighted by molar-refractivity contribution is 0.101. The van der Waals surface area contributed by atoms with Crippen molar-refractivity contribution >= 4 is 31.8 Å². The molecule has 0 spiro atoms. The maximum Gasteiger partial charge on any atom is 0.205 e. The number of hydrogen-bond acceptors (Lipinski definition) is 3. The Morgan fingerprint density at radius 2 is 2.06 bits per heavy atom. The van der Waals surface area contributed by atoms with E-state index in [0.717, 1.165) is 10.0 Å². The fourth-order valence-corrected chi connectivity index (χ4v) is 3.75. The highest BCUT2D eigenvalue weighted by Gasteiger charge is 2.30. The summed E-state index contributed by atoms with van der Waals surface area (Å²) >= 11 is 3.36. The molecule has 0 saturated carbocycles. The standard InChI is InChI=1S/C12H13BrO3S/c1-8(2)16-7-9-6-10-11(13)4-3-5-12(10)17(9,14)15/h3-6,8H,7H2,1-2H3. The Hall–Kier alpha value is -0.650. The zero-order valence-electron chi connectivity index (χ0n) is 9.60. The summed E-state index contributed by atoms with van der Waals surface area (Å²) in [6.07, 6.45) is 1.69. The lowest BCUT2D eigenvalue weighted by Gasteiger charge is -2.08. The summed E-state index contributed by atoms with van der Waals surface area (Å²) in [5.41, 5.74) is 0.717. The summed E-state index contributed by atoms with van der Waals surface area (Å²) in [5, 5.41) is 0. The molecule has 1 aliphatic rings. The summed E-state index contributed by atoms with van der Waals surface area (Å²) in [6.45, 7) is 3.89. The second-order valence-corrected chi connectivity index (χ2v) is 6.95. The van der Waals surface area contributed by atoms with E-state index in [-0.39, 0.29) is 12.7 Å². The molecule has 1 aliphatic heterocycles. The molecule has 1 heterocycles. The van der Waals surface area contributed by atoms with Crippen LogP contribution in [0.15, 0.2) is 32.5 Å². The van der Waals surface area contributed by atoms with E-state index in [9.17, 15) is 8.42 Å². The molecular weight excluding hydrogens is 304 g/mol. The highest BCUT2D eigenvalue weighted by atomic mass is 79.9. The Bertz CT molecular complexity index is 573. The van der Waals surface area contributed by atoms with E-state index in [0.29, 0.717) is 9.80 Å². The molecule has 5 heteroatoms. The average molecular weight is 317 g/mol. The number of fused-ring (bicyclic) bond motifs is 1. The number of ether oxygens (including phenoxy) is 1. The van der Waals surface area contributed by atoms with Gasteiger partial charge in [-0.15, -0.1) is 0 Å². The lowest BCUT2D eigenvalue weighted by atomic mass is 10.2. The van der Waals surface area contributed by atoms with Gasteiger partial charge in [-0.2, -0.15) is 0 Å². The first kappa shape index (κ1) is 12.8. The smallest absolute Gasteiger partial charge is 0.205 e. The third-order valence-electron chi connectivity index (χ3n) is 2.51. The first-order valence-electron chi connectivity index (χ1n) is 5.28. The molecule has 0 bridgehead atoms. The van der Waals surface area contributed by atoms with Crippen LogP contribution in [-0.4, -0.2) is 21.1 Å². The lowest BCUT2D eigenvalue weighted by Crippen LogP contribution is -2.10. The number of sulfone groups is 1. The predicted octanol–water partition coefficient (Wildman–Crippen LogP) is 3.00. The fourth-order valence-electron chi connectivity index (χ4n) is 1.64. The Labute approximate surface area is 110 Å². The van der Waals surface area contributed by atoms with Gasteiger partial charge in [0.15, 0.2) is 0 Å². The first-order valence-corrected chi connectivity index (χ1v) is 7.56. The van der Waals surface area contributed by atoms with Crippen molar-refractivity contribution in [2.45, 2.75) is 24.8 Å². The van der Waals surface area contributed by atoms with Gasteiger partial charge in [0.1, 0.15) is 0 Å². The van der Waals surface area contributed by atoms with Crippen LogP contribution < -0.4 is 0 Å². The summed E-state index contributed by atoms with van der Waals surface area (Å²) in [6, 6.07) is 5.17. The van der Waals surface area contributed by atoms with Crippen LogP contribution in [-0.2, 0) is 14.6 Å². The number of rotatable bonds is 3. The van der Waals surface area contributed by atoms with Crippen LogP contribution in [0.5, 0.6) is 0 Å². The van der Waals surface area contributed by atoms with Crippen LogP contribution >= 0.6 is 15.9 Å². The minimum absolute atomic E-state index is 0.0123. The van der Waals surface area contributed by atoms with Crippen LogP contribution in [0.1, 0.15) is 19.4 Å². The van der Waals surface area contributed by atoms with Gasteiger partial charge in [-0.3, -0.25) is 0 Å². The molecule has 0 fully saturated rings. The van der Waals surface area contributed by atoms with Crippen molar-refractivity contribution in [3.05, 3.63) is 33.1 Å². The van der Waals surface area contributed by atoms with Crippen molar-refractivity contribution in [1.82, 2.24) is 0 Å². The van der Waals surface area contributed by atoms with E-state index in [2.05, 4.69) is 15.9 Å². The van der Waals surface area contributed by atoms with Crippen molar-refractivity contribution in [2.24, 2.45) is 0 Å². The van der Waals surface area contributed by atoms with Gasteiger partial charge in [-0.1, -0.05) is 22.0 Å². The average Bonchev–Trinajstić information content (AvgIpc) is 2.50. The molecule has 0 atom stereocenters. The van der Waals surface area contributed by atoms with E-state index >= 15 is 0 Å². The molecule has 17 heavy (non-hydrogen) atoms. The molecule has 3 nitrogen and oxygen atoms in total. The SMILES string of the molecule is CC(C)OCC1=Cc2c(Br)cccc2S1(=O)=O. The zero-order valence-corrected chi connectivity index (χ0v) is 12.0. The molecule has 0 N–H and O–H groups in total. The molecule has 0 unspecified atom stereocenters. The monoisotopic (exact) mass is 316 g/mol. The van der Waals surface area contributed by atoms with Gasteiger partial charge in [0.05, 0.1) is 22.5 Å². The Balaban J connectivity index is 2.40. The van der Waals surface area contributed by atoms with Crippen LogP contribution in [0.4, 0.5) is 0 Å². The molecule has 0 radical (unpaired) electrons. The summed E-state index contributed by atoms with van der Waals surface area (Å²) < 4.78 is 30.5. The number of hydrogen-bond donors (Lipinski definition) is 0. The molecule has 0 amide bonds. The highest BCUT2D eigenvalue weighted by Crippen LogP contribution is 2.36. The molecule has 0 aromatic heterocycles. The van der Waals surface area contributed by atoms with Gasteiger partial charge in [0.25, 0.3) is 0 Å². The van der Waals surface area contributed by atoms with Crippen LogP contribution in [0.25, 0.3) is 6.08 Å². The Morgan fingerprint density at radius 3 is 2.65 bits per heavy atom. The summed E-state index contributed by atoms with van der Waals surface area (Å²) in [4.78, 5) is 0.683. The minimum Gasteiger partial charge on any atom is -0.373 e. The van der Waals surface area contributed by atoms with Crippen LogP contribution in [0, 0.1) is 0 Å². The van der Waals surface area contributed by atoms with E-state index in [1.54, 1.807) is 18.2 Å². The quantitative estimate of drug-likeness (QED) is 0.861. The van der Waals surface area contributed by atoms with Gasteiger partial charge in [-0.05, 0) is 32.1 Å². The molecule has 92 valence electrons. The third-order valence-corrected chi connectivity index (χ3v) is 5.06. The minimum atomic E-state index is -3.36. The molecule has 1 aromatic rings. The van der Waals surface area contributed by atoms with Crippen molar-refractivity contribution < 1.29 is 13.2 Å². The third kappa shape index (κ3) is 2.32. The van der Waals surface area contributed by atoms with Crippen molar-refractivity contribution in [2.75, 3.05) is 6.61 Å². The Kier molecular flexibility index (Phi) is 3.43. The van der Waals surface area contributed by atoms with E-state index in [1.165, 1.54) is 0 Å². The molecule has 0 aliphatic carbocycles. The van der Waals surface area contributed by atoms with Crippen molar-refractivity contribution in [3.63, 3.8) is 0 Å². The maximum atomic E-state index is 12.2. The Morgan fingerprint density at radius 1 is 1.35 bits per heavy atom. The van der Waals surface area contributed by atoms with E-state index in [1.807, 2.05) is 19.9 Å². The van der Waals surface area contributed by atoms with Crippen molar-refractivity contribution in [1.29, 1.82) is 0 Å². The topological polar surface area (TPSA) is 43.4 Å². The second kappa shape index (κ2) is 4.55. The van der Waals surface area contributed by atoms with Gasteiger partial charge < -0.3 is 4.74 Å². The number of halogens is 1. The van der Waals surface area contributed by atoms with Crippen LogP contribution in [0.2, 0.25) is 0 Å². The van der Waals surface area contributed by atoms with E-state index in [4.69, 9.17) is 4.74 Å². The normalized spacial score (nSPS) is 17.1. The van der Waals surface area contributed by atoms with Gasteiger partial charge in [0, 0.05) is 10.0 Å². The highest BCUT2D eigenvalue weighted by molar-refractivity contribution is 9.10. The maximum absolute atomic E-state index is 12.2. The van der Waals surface area contributed by atoms with Gasteiger partial charge >= 0.3 is 0 Å². The van der Waals surface area contributed by atoms with E-state index < -0.39 is 9.84 Å². The molecule has 1 aromatic carbocycles. The van der Waals surface area contributed by atoms with Gasteiger partial charge in [-0.25, -0.2) is 8.42 Å². The molecular formula is C12H13BrO3S. The summed E-state index contributed by atoms with van der Waals surface area (Å²) in [7, 11) is -3.36. The van der Waals surface area contributed by atoms with Crippen LogP contribution in [0.3, 0.4) is 0 Å². The summed E-state index contributed by atoms with van der Waals surface area (Å²) in [5.74, 6) is 0. The van der Waals surface area contributed by atoms with Gasteiger partial charge in [0.2, 0.25) is 9.84 Å². The number of benzene rings is 1. The second-order valence-electron chi connectivity index (χ2n) is 4.13. The predicted molar refractivity (Wildman–Crippen MR) is 70.4 cm³/mol. The molecule has 2 rings (SSSR count). The molecule has 0 saturated heterocycles. The largest absolute Gasteiger partial charge is 0.373 e. The van der Waals surface area contributed by atoms with Crippen molar-refractivity contribution in [3.8, 4) is 0 Å². The first-order chi connectivity index (χ1) is 7.93. The zero-order chi connectivity index (χ0) is 12.6.